The lowest BCUT2D eigenvalue weighted by Gasteiger charge is -2.26. The topological polar surface area (TPSA) is 83.5 Å². The van der Waals surface area contributed by atoms with E-state index in [4.69, 9.17) is 5.11 Å². The zero-order chi connectivity index (χ0) is 15.6. The van der Waals surface area contributed by atoms with Gasteiger partial charge < -0.3 is 5.11 Å². The molecular formula is C13H15BrFNO4S. The molecule has 0 radical (unpaired) electrons. The van der Waals surface area contributed by atoms with Crippen LogP contribution >= 0.6 is 15.9 Å². The van der Waals surface area contributed by atoms with Crippen molar-refractivity contribution in [3.63, 3.8) is 0 Å². The largest absolute Gasteiger partial charge is 0.481 e. The summed E-state index contributed by atoms with van der Waals surface area (Å²) in [5.41, 5.74) is 0. The first kappa shape index (κ1) is 16.4. The molecular weight excluding hydrogens is 365 g/mol. The number of hydrogen-bond donors (Lipinski definition) is 2. The zero-order valence-electron chi connectivity index (χ0n) is 11.1. The highest BCUT2D eigenvalue weighted by Gasteiger charge is 2.29. The summed E-state index contributed by atoms with van der Waals surface area (Å²) in [6.07, 6.45) is 1.72. The van der Waals surface area contributed by atoms with Gasteiger partial charge in [-0.25, -0.2) is 17.5 Å². The maximum absolute atomic E-state index is 13.7. The Morgan fingerprint density at radius 2 is 1.90 bits per heavy atom. The minimum atomic E-state index is -3.94. The van der Waals surface area contributed by atoms with Crippen LogP contribution in [0, 0.1) is 11.7 Å². The molecule has 5 nitrogen and oxygen atoms in total. The van der Waals surface area contributed by atoms with Gasteiger partial charge in [0.25, 0.3) is 0 Å². The molecule has 8 heteroatoms. The summed E-state index contributed by atoms with van der Waals surface area (Å²) < 4.78 is 41.0. The molecule has 0 unspecified atom stereocenters. The monoisotopic (exact) mass is 379 g/mol. The van der Waals surface area contributed by atoms with E-state index in [1.165, 1.54) is 12.1 Å². The number of benzene rings is 1. The van der Waals surface area contributed by atoms with Crippen LogP contribution in [-0.2, 0) is 14.8 Å². The smallest absolute Gasteiger partial charge is 0.306 e. The predicted molar refractivity (Wildman–Crippen MR) is 77.8 cm³/mol. The molecule has 2 rings (SSSR count). The fraction of sp³-hybridized carbons (Fsp3) is 0.462. The van der Waals surface area contributed by atoms with Crippen LogP contribution in [0.4, 0.5) is 4.39 Å². The van der Waals surface area contributed by atoms with E-state index in [-0.39, 0.29) is 6.04 Å². The Kier molecular flexibility index (Phi) is 5.00. The van der Waals surface area contributed by atoms with Gasteiger partial charge in [0.05, 0.1) is 5.92 Å². The van der Waals surface area contributed by atoms with Crippen LogP contribution in [0.25, 0.3) is 0 Å². The van der Waals surface area contributed by atoms with E-state index in [0.717, 1.165) is 6.07 Å². The predicted octanol–water partition coefficient (Wildman–Crippen LogP) is 2.51. The highest BCUT2D eigenvalue weighted by atomic mass is 79.9. The van der Waals surface area contributed by atoms with Crippen LogP contribution < -0.4 is 4.72 Å². The van der Waals surface area contributed by atoms with Crippen molar-refractivity contribution in [2.75, 3.05) is 0 Å². The third-order valence-corrected chi connectivity index (χ3v) is 5.63. The van der Waals surface area contributed by atoms with Gasteiger partial charge in [0, 0.05) is 10.5 Å². The fourth-order valence-corrected chi connectivity index (χ4v) is 4.13. The number of carboxylic acid groups (broad SMARTS) is 1. The van der Waals surface area contributed by atoms with Crippen LogP contribution in [0.5, 0.6) is 0 Å². The van der Waals surface area contributed by atoms with Gasteiger partial charge in [0.15, 0.2) is 0 Å². The lowest BCUT2D eigenvalue weighted by atomic mass is 9.87. The second kappa shape index (κ2) is 6.41. The Morgan fingerprint density at radius 1 is 1.29 bits per heavy atom. The van der Waals surface area contributed by atoms with E-state index >= 15 is 0 Å². The molecule has 1 aliphatic rings. The maximum Gasteiger partial charge on any atom is 0.306 e. The van der Waals surface area contributed by atoms with Crippen molar-refractivity contribution in [3.05, 3.63) is 28.5 Å². The average Bonchev–Trinajstić information content (AvgIpc) is 2.38. The summed E-state index contributed by atoms with van der Waals surface area (Å²) in [5.74, 6) is -2.10. The molecule has 0 bridgehead atoms. The highest BCUT2D eigenvalue weighted by molar-refractivity contribution is 9.10. The number of carbonyl (C=O) groups is 1. The molecule has 116 valence electrons. The number of aliphatic carboxylic acids is 1. The first-order chi connectivity index (χ1) is 9.79. The third kappa shape index (κ3) is 4.02. The van der Waals surface area contributed by atoms with Crippen LogP contribution in [0.15, 0.2) is 27.6 Å². The van der Waals surface area contributed by atoms with Crippen molar-refractivity contribution < 1.29 is 22.7 Å². The Morgan fingerprint density at radius 3 is 2.43 bits per heavy atom. The number of sulfonamides is 1. The molecule has 1 aromatic rings. The molecule has 21 heavy (non-hydrogen) atoms. The lowest BCUT2D eigenvalue weighted by molar-refractivity contribution is -0.142. The summed E-state index contributed by atoms with van der Waals surface area (Å²) in [4.78, 5) is 10.5. The number of rotatable bonds is 4. The molecule has 1 fully saturated rings. The average molecular weight is 380 g/mol. The molecule has 0 aliphatic heterocycles. The number of nitrogens with one attached hydrogen (secondary N) is 1. The standard InChI is InChI=1S/C13H15BrFNO4S/c14-9-3-6-12(11(15)7-9)21(19,20)16-10-4-1-8(2-5-10)13(17)18/h3,6-8,10,16H,1-2,4-5H2,(H,17,18). The second-order valence-corrected chi connectivity index (χ2v) is 7.68. The van der Waals surface area contributed by atoms with Crippen LogP contribution in [0.2, 0.25) is 0 Å². The number of halogens is 2. The summed E-state index contributed by atoms with van der Waals surface area (Å²) in [6, 6.07) is 3.40. The van der Waals surface area contributed by atoms with Gasteiger partial charge in [-0.3, -0.25) is 4.79 Å². The first-order valence-electron chi connectivity index (χ1n) is 6.50. The molecule has 0 saturated heterocycles. The van der Waals surface area contributed by atoms with Gasteiger partial charge in [-0.15, -0.1) is 0 Å². The SMILES string of the molecule is O=C(O)C1CCC(NS(=O)(=O)c2ccc(Br)cc2F)CC1. The molecule has 0 heterocycles. The van der Waals surface area contributed by atoms with Crippen molar-refractivity contribution in [1.29, 1.82) is 0 Å². The van der Waals surface area contributed by atoms with Crippen molar-refractivity contribution >= 4 is 31.9 Å². The molecule has 2 N–H and O–H groups in total. The van der Waals surface area contributed by atoms with Crippen LogP contribution in [0.3, 0.4) is 0 Å². The van der Waals surface area contributed by atoms with Crippen molar-refractivity contribution in [2.45, 2.75) is 36.6 Å². The van der Waals surface area contributed by atoms with Crippen LogP contribution in [0.1, 0.15) is 25.7 Å². The van der Waals surface area contributed by atoms with E-state index in [2.05, 4.69) is 20.7 Å². The van der Waals surface area contributed by atoms with Gasteiger partial charge in [-0.2, -0.15) is 0 Å². The third-order valence-electron chi connectivity index (χ3n) is 3.58. The van der Waals surface area contributed by atoms with Crippen molar-refractivity contribution in [1.82, 2.24) is 4.72 Å². The Labute approximate surface area is 130 Å². The molecule has 1 aliphatic carbocycles. The van der Waals surface area contributed by atoms with Gasteiger partial charge in [-0.1, -0.05) is 15.9 Å². The van der Waals surface area contributed by atoms with Crippen molar-refractivity contribution in [3.8, 4) is 0 Å². The minimum absolute atomic E-state index is 0.353. The lowest BCUT2D eigenvalue weighted by Crippen LogP contribution is -2.39. The molecule has 0 aromatic heterocycles. The van der Waals surface area contributed by atoms with Gasteiger partial charge >= 0.3 is 5.97 Å². The van der Waals surface area contributed by atoms with E-state index in [9.17, 15) is 17.6 Å². The molecule has 0 atom stereocenters. The molecule has 1 saturated carbocycles. The summed E-state index contributed by atoms with van der Waals surface area (Å²) in [6.45, 7) is 0. The Balaban J connectivity index is 2.07. The van der Waals surface area contributed by atoms with E-state index < -0.39 is 32.6 Å². The fourth-order valence-electron chi connectivity index (χ4n) is 2.43. The first-order valence-corrected chi connectivity index (χ1v) is 8.77. The van der Waals surface area contributed by atoms with E-state index in [0.29, 0.717) is 30.2 Å². The summed E-state index contributed by atoms with van der Waals surface area (Å²) >= 11 is 3.07. The summed E-state index contributed by atoms with van der Waals surface area (Å²) in [7, 11) is -3.94. The van der Waals surface area contributed by atoms with Gasteiger partial charge in [0.2, 0.25) is 10.0 Å². The molecule has 0 spiro atoms. The Hall–Kier alpha value is -0.990. The summed E-state index contributed by atoms with van der Waals surface area (Å²) in [5, 5.41) is 8.90. The quantitative estimate of drug-likeness (QED) is 0.841. The van der Waals surface area contributed by atoms with Gasteiger partial charge in [-0.05, 0) is 43.9 Å². The molecule has 0 amide bonds. The van der Waals surface area contributed by atoms with E-state index in [1.54, 1.807) is 0 Å². The van der Waals surface area contributed by atoms with Crippen molar-refractivity contribution in [2.24, 2.45) is 5.92 Å². The second-order valence-electron chi connectivity index (χ2n) is 5.08. The normalized spacial score (nSPS) is 23.0. The highest BCUT2D eigenvalue weighted by Crippen LogP contribution is 2.26. The Bertz CT molecular complexity index is 642. The zero-order valence-corrected chi connectivity index (χ0v) is 13.5. The minimum Gasteiger partial charge on any atom is -0.481 e. The van der Waals surface area contributed by atoms with Crippen LogP contribution in [-0.4, -0.2) is 25.5 Å². The maximum atomic E-state index is 13.7. The number of hydrogen-bond acceptors (Lipinski definition) is 3. The van der Waals surface area contributed by atoms with E-state index in [1.807, 2.05) is 0 Å². The number of carboxylic acids is 1. The molecule has 1 aromatic carbocycles. The van der Waals surface area contributed by atoms with Gasteiger partial charge in [0.1, 0.15) is 10.7 Å².